The molecule has 0 spiro atoms. The third-order valence-electron chi connectivity index (χ3n) is 4.91. The molecule has 1 atom stereocenters. The van der Waals surface area contributed by atoms with E-state index >= 15 is 0 Å². The fourth-order valence-corrected chi connectivity index (χ4v) is 4.50. The van der Waals surface area contributed by atoms with Crippen LogP contribution in [0.25, 0.3) is 0 Å². The number of carbonyl (C=O) groups is 2. The number of hydrogen-bond donors (Lipinski definition) is 2. The van der Waals surface area contributed by atoms with Crippen LogP contribution in [0.5, 0.6) is 0 Å². The second kappa shape index (κ2) is 8.34. The summed E-state index contributed by atoms with van der Waals surface area (Å²) in [4.78, 5) is 26.9. The summed E-state index contributed by atoms with van der Waals surface area (Å²) in [7, 11) is -3.54. The summed E-state index contributed by atoms with van der Waals surface area (Å²) >= 11 is 0. The molecule has 1 fully saturated rings. The minimum atomic E-state index is -3.54. The van der Waals surface area contributed by atoms with Crippen molar-refractivity contribution in [2.75, 3.05) is 23.3 Å². The lowest BCUT2D eigenvalue weighted by Gasteiger charge is -2.19. The highest BCUT2D eigenvalue weighted by atomic mass is 32.2. The first kappa shape index (κ1) is 21.0. The molecule has 1 aliphatic rings. The Morgan fingerprint density at radius 3 is 2.45 bits per heavy atom. The maximum atomic E-state index is 12.6. The van der Waals surface area contributed by atoms with E-state index in [-0.39, 0.29) is 23.1 Å². The van der Waals surface area contributed by atoms with Crippen LogP contribution in [0.15, 0.2) is 47.4 Å². The first-order valence-electron chi connectivity index (χ1n) is 9.49. The van der Waals surface area contributed by atoms with E-state index in [1.807, 2.05) is 32.0 Å². The quantitative estimate of drug-likeness (QED) is 0.758. The van der Waals surface area contributed by atoms with Gasteiger partial charge in [-0.3, -0.25) is 9.59 Å². The second-order valence-corrected chi connectivity index (χ2v) is 8.98. The molecule has 2 aromatic carbocycles. The van der Waals surface area contributed by atoms with Gasteiger partial charge in [0.05, 0.1) is 10.8 Å². The molecule has 1 aliphatic heterocycles. The lowest BCUT2D eigenvalue weighted by atomic mass is 10.1. The molecule has 8 heteroatoms. The van der Waals surface area contributed by atoms with Crippen LogP contribution in [0.3, 0.4) is 0 Å². The molecule has 29 heavy (non-hydrogen) atoms. The standard InChI is InChI=1S/C21H25N3O4S/c1-4-22-29(27,28)18-8-6-17(7-9-18)23-21(26)16-12-20(25)24(13-16)19-10-5-14(2)11-15(19)3/h5-11,16,22H,4,12-13H2,1-3H3,(H,23,26)/t16-/m1/s1. The Labute approximate surface area is 171 Å². The number of nitrogens with one attached hydrogen (secondary N) is 2. The van der Waals surface area contributed by atoms with Crippen molar-refractivity contribution in [3.05, 3.63) is 53.6 Å². The number of nitrogens with zero attached hydrogens (tertiary/aromatic N) is 1. The number of carbonyl (C=O) groups excluding carboxylic acids is 2. The van der Waals surface area contributed by atoms with Crippen LogP contribution in [0.1, 0.15) is 24.5 Å². The van der Waals surface area contributed by atoms with Crippen LogP contribution in [0.2, 0.25) is 0 Å². The number of anilines is 2. The first-order valence-corrected chi connectivity index (χ1v) is 11.0. The van der Waals surface area contributed by atoms with Gasteiger partial charge in [-0.05, 0) is 49.7 Å². The second-order valence-electron chi connectivity index (χ2n) is 7.21. The molecule has 1 saturated heterocycles. The largest absolute Gasteiger partial charge is 0.326 e. The van der Waals surface area contributed by atoms with E-state index in [0.29, 0.717) is 18.8 Å². The molecular formula is C21H25N3O4S. The maximum Gasteiger partial charge on any atom is 0.240 e. The minimum Gasteiger partial charge on any atom is -0.326 e. The van der Waals surface area contributed by atoms with Gasteiger partial charge in [-0.1, -0.05) is 24.6 Å². The van der Waals surface area contributed by atoms with E-state index < -0.39 is 15.9 Å². The molecule has 7 nitrogen and oxygen atoms in total. The Morgan fingerprint density at radius 1 is 1.14 bits per heavy atom. The predicted octanol–water partition coefficient (Wildman–Crippen LogP) is 2.59. The number of sulfonamides is 1. The van der Waals surface area contributed by atoms with Crippen molar-refractivity contribution >= 4 is 33.2 Å². The highest BCUT2D eigenvalue weighted by Crippen LogP contribution is 2.29. The van der Waals surface area contributed by atoms with E-state index in [4.69, 9.17) is 0 Å². The van der Waals surface area contributed by atoms with Crippen molar-refractivity contribution in [3.8, 4) is 0 Å². The Kier molecular flexibility index (Phi) is 6.04. The fourth-order valence-electron chi connectivity index (χ4n) is 3.46. The molecule has 0 bridgehead atoms. The molecule has 0 saturated carbocycles. The van der Waals surface area contributed by atoms with Gasteiger partial charge in [-0.15, -0.1) is 0 Å². The molecule has 154 valence electrons. The average Bonchev–Trinajstić information content (AvgIpc) is 3.04. The van der Waals surface area contributed by atoms with Crippen molar-refractivity contribution < 1.29 is 18.0 Å². The van der Waals surface area contributed by atoms with Crippen LogP contribution < -0.4 is 14.9 Å². The van der Waals surface area contributed by atoms with Crippen molar-refractivity contribution in [1.82, 2.24) is 4.72 Å². The lowest BCUT2D eigenvalue weighted by molar-refractivity contribution is -0.122. The van der Waals surface area contributed by atoms with E-state index in [9.17, 15) is 18.0 Å². The molecule has 3 rings (SSSR count). The average molecular weight is 416 g/mol. The summed E-state index contributed by atoms with van der Waals surface area (Å²) in [6.45, 7) is 6.27. The smallest absolute Gasteiger partial charge is 0.240 e. The summed E-state index contributed by atoms with van der Waals surface area (Å²) in [6, 6.07) is 11.8. The van der Waals surface area contributed by atoms with Crippen LogP contribution in [0.4, 0.5) is 11.4 Å². The molecule has 0 aliphatic carbocycles. The van der Waals surface area contributed by atoms with Crippen LogP contribution >= 0.6 is 0 Å². The van der Waals surface area contributed by atoms with Gasteiger partial charge >= 0.3 is 0 Å². The normalized spacial score (nSPS) is 16.9. The van der Waals surface area contributed by atoms with Crippen LogP contribution in [0, 0.1) is 19.8 Å². The Bertz CT molecular complexity index is 1030. The summed E-state index contributed by atoms with van der Waals surface area (Å²) in [6.07, 6.45) is 0.145. The summed E-state index contributed by atoms with van der Waals surface area (Å²) in [5.41, 5.74) is 3.43. The number of amides is 2. The zero-order valence-corrected chi connectivity index (χ0v) is 17.5. The zero-order chi connectivity index (χ0) is 21.2. The Balaban J connectivity index is 1.68. The van der Waals surface area contributed by atoms with Crippen molar-refractivity contribution in [1.29, 1.82) is 0 Å². The summed E-state index contributed by atoms with van der Waals surface area (Å²) in [5, 5.41) is 2.78. The minimum absolute atomic E-state index is 0.0795. The molecular weight excluding hydrogens is 390 g/mol. The number of benzene rings is 2. The molecule has 0 radical (unpaired) electrons. The van der Waals surface area contributed by atoms with Gasteiger partial charge in [0.1, 0.15) is 0 Å². The Morgan fingerprint density at radius 2 is 1.83 bits per heavy atom. The fraction of sp³-hybridized carbons (Fsp3) is 0.333. The van der Waals surface area contributed by atoms with E-state index in [2.05, 4.69) is 10.0 Å². The van der Waals surface area contributed by atoms with Gasteiger partial charge in [0, 0.05) is 30.9 Å². The maximum absolute atomic E-state index is 12.6. The van der Waals surface area contributed by atoms with Gasteiger partial charge in [-0.25, -0.2) is 13.1 Å². The highest BCUT2D eigenvalue weighted by Gasteiger charge is 2.35. The summed E-state index contributed by atoms with van der Waals surface area (Å²) < 4.78 is 26.4. The van der Waals surface area contributed by atoms with Crippen molar-refractivity contribution in [3.63, 3.8) is 0 Å². The van der Waals surface area contributed by atoms with E-state index in [1.165, 1.54) is 12.1 Å². The topological polar surface area (TPSA) is 95.6 Å². The lowest BCUT2D eigenvalue weighted by Crippen LogP contribution is -2.28. The molecule has 2 amide bonds. The third kappa shape index (κ3) is 4.65. The number of rotatable bonds is 6. The highest BCUT2D eigenvalue weighted by molar-refractivity contribution is 7.89. The molecule has 0 unspecified atom stereocenters. The Hall–Kier alpha value is -2.71. The van der Waals surface area contributed by atoms with Gasteiger partial charge in [0.15, 0.2) is 0 Å². The van der Waals surface area contributed by atoms with Gasteiger partial charge < -0.3 is 10.2 Å². The van der Waals surface area contributed by atoms with E-state index in [0.717, 1.165) is 16.8 Å². The van der Waals surface area contributed by atoms with Gasteiger partial charge in [0.25, 0.3) is 0 Å². The monoisotopic (exact) mass is 415 g/mol. The molecule has 2 N–H and O–H groups in total. The SMILES string of the molecule is CCNS(=O)(=O)c1ccc(NC(=O)[C@@H]2CC(=O)N(c3ccc(C)cc3C)C2)cc1. The number of aryl methyl sites for hydroxylation is 2. The number of hydrogen-bond acceptors (Lipinski definition) is 4. The summed E-state index contributed by atoms with van der Waals surface area (Å²) in [5.74, 6) is -0.801. The predicted molar refractivity (Wildman–Crippen MR) is 112 cm³/mol. The van der Waals surface area contributed by atoms with Gasteiger partial charge in [-0.2, -0.15) is 0 Å². The van der Waals surface area contributed by atoms with Crippen LogP contribution in [-0.4, -0.2) is 33.3 Å². The van der Waals surface area contributed by atoms with E-state index in [1.54, 1.807) is 24.0 Å². The van der Waals surface area contributed by atoms with Gasteiger partial charge in [0.2, 0.25) is 21.8 Å². The zero-order valence-electron chi connectivity index (χ0n) is 16.7. The molecule has 1 heterocycles. The van der Waals surface area contributed by atoms with Crippen molar-refractivity contribution in [2.24, 2.45) is 5.92 Å². The van der Waals surface area contributed by atoms with Crippen LogP contribution in [-0.2, 0) is 19.6 Å². The molecule has 2 aromatic rings. The third-order valence-corrected chi connectivity index (χ3v) is 6.47. The molecule has 0 aromatic heterocycles. The first-order chi connectivity index (χ1) is 13.7. The van der Waals surface area contributed by atoms with Crippen molar-refractivity contribution in [2.45, 2.75) is 32.1 Å².